The Hall–Kier alpha value is -1.55. The van der Waals surface area contributed by atoms with Crippen LogP contribution >= 0.6 is 0 Å². The van der Waals surface area contributed by atoms with Crippen molar-refractivity contribution in [3.8, 4) is 11.5 Å². The van der Waals surface area contributed by atoms with Crippen LogP contribution in [0.4, 0.5) is 0 Å². The van der Waals surface area contributed by atoms with E-state index in [1.165, 1.54) is 0 Å². The van der Waals surface area contributed by atoms with Gasteiger partial charge < -0.3 is 14.7 Å². The maximum absolute atomic E-state index is 5.57. The SMILES string of the molecule is CCC(CNC)c1ncc(-c2ccc(C)o2)[nH]1. The van der Waals surface area contributed by atoms with E-state index in [9.17, 15) is 0 Å². The van der Waals surface area contributed by atoms with Gasteiger partial charge in [0.1, 0.15) is 17.3 Å². The molecule has 17 heavy (non-hydrogen) atoms. The number of H-pyrrole nitrogens is 1. The van der Waals surface area contributed by atoms with Gasteiger partial charge in [-0.15, -0.1) is 0 Å². The molecule has 0 radical (unpaired) electrons. The van der Waals surface area contributed by atoms with Crippen molar-refractivity contribution in [1.29, 1.82) is 0 Å². The molecule has 0 aliphatic rings. The molecule has 0 aromatic carbocycles. The summed E-state index contributed by atoms with van der Waals surface area (Å²) < 4.78 is 5.57. The molecule has 0 spiro atoms. The van der Waals surface area contributed by atoms with Crippen molar-refractivity contribution in [3.63, 3.8) is 0 Å². The number of rotatable bonds is 5. The number of aryl methyl sites for hydroxylation is 1. The van der Waals surface area contributed by atoms with Crippen molar-refractivity contribution < 1.29 is 4.42 Å². The molecule has 0 bridgehead atoms. The highest BCUT2D eigenvalue weighted by atomic mass is 16.3. The zero-order valence-corrected chi connectivity index (χ0v) is 10.6. The highest BCUT2D eigenvalue weighted by Crippen LogP contribution is 2.23. The van der Waals surface area contributed by atoms with Crippen molar-refractivity contribution in [2.45, 2.75) is 26.2 Å². The summed E-state index contributed by atoms with van der Waals surface area (Å²) in [6.45, 7) is 5.04. The Balaban J connectivity index is 2.20. The predicted molar refractivity (Wildman–Crippen MR) is 68.0 cm³/mol. The van der Waals surface area contributed by atoms with E-state index in [-0.39, 0.29) is 0 Å². The first-order valence-electron chi connectivity index (χ1n) is 6.01. The van der Waals surface area contributed by atoms with Crippen molar-refractivity contribution in [1.82, 2.24) is 15.3 Å². The molecule has 4 heteroatoms. The highest BCUT2D eigenvalue weighted by molar-refractivity contribution is 5.51. The number of aromatic nitrogens is 2. The number of likely N-dealkylation sites (N-methyl/N-ethyl adjacent to an activating group) is 1. The lowest BCUT2D eigenvalue weighted by molar-refractivity contribution is 0.545. The molecule has 4 nitrogen and oxygen atoms in total. The van der Waals surface area contributed by atoms with Gasteiger partial charge in [0.2, 0.25) is 0 Å². The van der Waals surface area contributed by atoms with E-state index in [1.54, 1.807) is 0 Å². The largest absolute Gasteiger partial charge is 0.460 e. The van der Waals surface area contributed by atoms with Crippen LogP contribution in [0.2, 0.25) is 0 Å². The molecule has 0 aliphatic heterocycles. The van der Waals surface area contributed by atoms with Crippen LogP contribution in [0.3, 0.4) is 0 Å². The van der Waals surface area contributed by atoms with Gasteiger partial charge in [0.05, 0.1) is 6.20 Å². The number of furan rings is 1. The Labute approximate surface area is 101 Å². The summed E-state index contributed by atoms with van der Waals surface area (Å²) in [5, 5.41) is 3.19. The normalized spacial score (nSPS) is 12.9. The minimum absolute atomic E-state index is 0.421. The number of hydrogen-bond acceptors (Lipinski definition) is 3. The number of hydrogen-bond donors (Lipinski definition) is 2. The molecule has 0 amide bonds. The second-order valence-corrected chi connectivity index (χ2v) is 4.26. The van der Waals surface area contributed by atoms with Crippen molar-refractivity contribution in [2.75, 3.05) is 13.6 Å². The van der Waals surface area contributed by atoms with Gasteiger partial charge in [-0.25, -0.2) is 4.98 Å². The Morgan fingerprint density at radius 1 is 1.47 bits per heavy atom. The minimum atomic E-state index is 0.421. The fourth-order valence-corrected chi connectivity index (χ4v) is 1.93. The Morgan fingerprint density at radius 3 is 2.88 bits per heavy atom. The summed E-state index contributed by atoms with van der Waals surface area (Å²) in [6.07, 6.45) is 2.90. The molecule has 0 saturated heterocycles. The van der Waals surface area contributed by atoms with Gasteiger partial charge in [-0.1, -0.05) is 6.92 Å². The quantitative estimate of drug-likeness (QED) is 0.834. The molecule has 92 valence electrons. The van der Waals surface area contributed by atoms with Gasteiger partial charge in [-0.05, 0) is 32.5 Å². The van der Waals surface area contributed by atoms with Crippen LogP contribution in [0.25, 0.3) is 11.5 Å². The standard InChI is InChI=1S/C13H19N3O/c1-4-10(7-14-3)13-15-8-11(16-13)12-6-5-9(2)17-12/h5-6,8,10,14H,4,7H2,1-3H3,(H,15,16). The van der Waals surface area contributed by atoms with Crippen LogP contribution in [0.5, 0.6) is 0 Å². The Bertz CT molecular complexity index is 472. The highest BCUT2D eigenvalue weighted by Gasteiger charge is 2.13. The monoisotopic (exact) mass is 233 g/mol. The lowest BCUT2D eigenvalue weighted by Gasteiger charge is -2.10. The number of nitrogens with zero attached hydrogens (tertiary/aromatic N) is 1. The van der Waals surface area contributed by atoms with Crippen LogP contribution in [0, 0.1) is 6.92 Å². The third-order valence-corrected chi connectivity index (χ3v) is 2.93. The Morgan fingerprint density at radius 2 is 2.29 bits per heavy atom. The minimum Gasteiger partial charge on any atom is -0.460 e. The molecular weight excluding hydrogens is 214 g/mol. The molecule has 2 N–H and O–H groups in total. The lowest BCUT2D eigenvalue weighted by atomic mass is 10.1. The first-order chi connectivity index (χ1) is 8.24. The number of aromatic amines is 1. The van der Waals surface area contributed by atoms with Crippen LogP contribution in [0.1, 0.15) is 30.8 Å². The van der Waals surface area contributed by atoms with E-state index in [0.29, 0.717) is 5.92 Å². The molecular formula is C13H19N3O. The first-order valence-corrected chi connectivity index (χ1v) is 6.01. The third kappa shape index (κ3) is 2.58. The molecule has 2 rings (SSSR count). The second-order valence-electron chi connectivity index (χ2n) is 4.26. The van der Waals surface area contributed by atoms with Crippen LogP contribution in [0.15, 0.2) is 22.7 Å². The molecule has 0 fully saturated rings. The van der Waals surface area contributed by atoms with Gasteiger partial charge in [-0.2, -0.15) is 0 Å². The zero-order chi connectivity index (χ0) is 12.3. The van der Waals surface area contributed by atoms with Crippen LogP contribution < -0.4 is 5.32 Å². The van der Waals surface area contributed by atoms with E-state index in [2.05, 4.69) is 22.2 Å². The number of nitrogens with one attached hydrogen (secondary N) is 2. The van der Waals surface area contributed by atoms with Gasteiger partial charge in [0.15, 0.2) is 5.76 Å². The summed E-state index contributed by atoms with van der Waals surface area (Å²) in [7, 11) is 1.96. The van der Waals surface area contributed by atoms with E-state index < -0.39 is 0 Å². The molecule has 2 aromatic rings. The van der Waals surface area contributed by atoms with E-state index in [0.717, 1.165) is 36.0 Å². The fourth-order valence-electron chi connectivity index (χ4n) is 1.93. The molecule has 1 atom stereocenters. The summed E-state index contributed by atoms with van der Waals surface area (Å²) in [4.78, 5) is 7.77. The fraction of sp³-hybridized carbons (Fsp3) is 0.462. The maximum atomic E-state index is 5.57. The maximum Gasteiger partial charge on any atom is 0.152 e. The second kappa shape index (κ2) is 5.19. The topological polar surface area (TPSA) is 53.9 Å². The molecule has 0 saturated carbocycles. The van der Waals surface area contributed by atoms with Crippen molar-refractivity contribution >= 4 is 0 Å². The third-order valence-electron chi connectivity index (χ3n) is 2.93. The molecule has 2 heterocycles. The summed E-state index contributed by atoms with van der Waals surface area (Å²) in [5.41, 5.74) is 0.947. The zero-order valence-electron chi connectivity index (χ0n) is 10.6. The van der Waals surface area contributed by atoms with Crippen molar-refractivity contribution in [3.05, 3.63) is 29.9 Å². The Kier molecular flexibility index (Phi) is 3.64. The van der Waals surface area contributed by atoms with Gasteiger partial charge in [0.25, 0.3) is 0 Å². The van der Waals surface area contributed by atoms with Gasteiger partial charge >= 0.3 is 0 Å². The summed E-state index contributed by atoms with van der Waals surface area (Å²) in [6, 6.07) is 3.92. The van der Waals surface area contributed by atoms with Crippen LogP contribution in [-0.4, -0.2) is 23.6 Å². The average molecular weight is 233 g/mol. The first kappa shape index (κ1) is 11.9. The summed E-state index contributed by atoms with van der Waals surface area (Å²) in [5.74, 6) is 3.20. The smallest absolute Gasteiger partial charge is 0.152 e. The average Bonchev–Trinajstić information content (AvgIpc) is 2.94. The summed E-state index contributed by atoms with van der Waals surface area (Å²) >= 11 is 0. The molecule has 2 aromatic heterocycles. The molecule has 1 unspecified atom stereocenters. The molecule has 0 aliphatic carbocycles. The lowest BCUT2D eigenvalue weighted by Crippen LogP contribution is -2.17. The van der Waals surface area contributed by atoms with Gasteiger partial charge in [-0.3, -0.25) is 0 Å². The van der Waals surface area contributed by atoms with E-state index in [4.69, 9.17) is 4.42 Å². The predicted octanol–water partition coefficient (Wildman–Crippen LogP) is 2.69. The van der Waals surface area contributed by atoms with Gasteiger partial charge in [0, 0.05) is 12.5 Å². The van der Waals surface area contributed by atoms with Crippen LogP contribution in [-0.2, 0) is 0 Å². The van der Waals surface area contributed by atoms with E-state index >= 15 is 0 Å². The van der Waals surface area contributed by atoms with Crippen molar-refractivity contribution in [2.24, 2.45) is 0 Å². The van der Waals surface area contributed by atoms with E-state index in [1.807, 2.05) is 32.3 Å². The number of imidazole rings is 1.